The van der Waals surface area contributed by atoms with Crippen molar-refractivity contribution in [3.63, 3.8) is 0 Å². The molecule has 0 aliphatic heterocycles. The molecule has 0 amide bonds. The minimum Gasteiger partial charge on any atom is -1.00 e. The van der Waals surface area contributed by atoms with Gasteiger partial charge in [-0.3, -0.25) is 0 Å². The van der Waals surface area contributed by atoms with Gasteiger partial charge in [0.25, 0.3) is 0 Å². The van der Waals surface area contributed by atoms with Crippen LogP contribution in [0.1, 0.15) is 0 Å². The van der Waals surface area contributed by atoms with Crippen molar-refractivity contribution in [3.8, 4) is 11.5 Å². The maximum Gasteiger partial charge on any atom is -1.00 e. The molecule has 2 aromatic rings. The standard InChI is InChI=1S/2C6H5FO.2ClH.Zr/c2*7-5-3-1-2-4-6(5)8;;;/h2*1-4,8H;2*1H;/q;;;;+4/p-4. The molecule has 2 rings (SSSR count). The molecule has 0 aliphatic carbocycles. The summed E-state index contributed by atoms with van der Waals surface area (Å²) in [6, 6.07) is 12.1. The molecule has 19 heavy (non-hydrogen) atoms. The first-order chi connectivity index (χ1) is 8.27. The second-order valence-electron chi connectivity index (χ2n) is 3.15. The zero-order valence-corrected chi connectivity index (χ0v) is 13.4. The zero-order valence-electron chi connectivity index (χ0n) is 9.45. The molecular weight excluding hydrogens is 376 g/mol. The first-order valence-corrected chi connectivity index (χ1v) is 6.86. The summed E-state index contributed by atoms with van der Waals surface area (Å²) in [4.78, 5) is 0. The maximum absolute atomic E-state index is 13.2. The molecule has 2 aromatic carbocycles. The minimum atomic E-state index is -1.79. The van der Waals surface area contributed by atoms with Crippen LogP contribution in [0.4, 0.5) is 8.78 Å². The van der Waals surface area contributed by atoms with Gasteiger partial charge in [0.05, 0.1) is 0 Å². The number of para-hydroxylation sites is 2. The van der Waals surface area contributed by atoms with Crippen LogP contribution in [0.15, 0.2) is 48.5 Å². The van der Waals surface area contributed by atoms with Gasteiger partial charge in [0, 0.05) is 0 Å². The van der Waals surface area contributed by atoms with Gasteiger partial charge in [-0.2, -0.15) is 0 Å². The molecule has 0 N–H and O–H groups in total. The molecule has 0 aliphatic rings. The fourth-order valence-corrected chi connectivity index (χ4v) is 2.52. The molecule has 0 saturated heterocycles. The van der Waals surface area contributed by atoms with E-state index in [1.165, 1.54) is 24.3 Å². The molecule has 0 saturated carbocycles. The Kier molecular flexibility index (Phi) is 8.98. The van der Waals surface area contributed by atoms with Crippen LogP contribution in [0.5, 0.6) is 11.5 Å². The molecule has 7 heteroatoms. The Balaban J connectivity index is 0.00000162. The van der Waals surface area contributed by atoms with Gasteiger partial charge in [0.2, 0.25) is 0 Å². The fourth-order valence-electron chi connectivity index (χ4n) is 1.17. The number of rotatable bonds is 4. The van der Waals surface area contributed by atoms with E-state index in [9.17, 15) is 8.78 Å². The van der Waals surface area contributed by atoms with Crippen molar-refractivity contribution in [3.05, 3.63) is 60.2 Å². The van der Waals surface area contributed by atoms with E-state index < -0.39 is 35.8 Å². The predicted molar refractivity (Wildman–Crippen MR) is 54.1 cm³/mol. The summed E-state index contributed by atoms with van der Waals surface area (Å²) in [6.07, 6.45) is 0. The van der Waals surface area contributed by atoms with E-state index in [-0.39, 0.29) is 36.3 Å². The summed E-state index contributed by atoms with van der Waals surface area (Å²) in [5.41, 5.74) is 0. The monoisotopic (exact) mass is 382 g/mol. The number of halogens is 4. The average Bonchev–Trinajstić information content (AvgIpc) is 2.34. The fraction of sp³-hybridized carbons (Fsp3) is 0. The van der Waals surface area contributed by atoms with Gasteiger partial charge in [0.1, 0.15) is 0 Å². The van der Waals surface area contributed by atoms with Crippen molar-refractivity contribution in [2.24, 2.45) is 0 Å². The van der Waals surface area contributed by atoms with Gasteiger partial charge in [-0.1, -0.05) is 0 Å². The molecular formula is C12H8Cl2F2O2Zr. The molecule has 100 valence electrons. The normalized spacial score (nSPS) is 8.53. The van der Waals surface area contributed by atoms with Crippen LogP contribution in [0, 0.1) is 11.6 Å². The topological polar surface area (TPSA) is 18.5 Å². The number of benzene rings is 2. The van der Waals surface area contributed by atoms with Crippen LogP contribution in [0.2, 0.25) is 0 Å². The summed E-state index contributed by atoms with van der Waals surface area (Å²) in [5, 5.41) is 0. The van der Waals surface area contributed by atoms with E-state index in [1.54, 1.807) is 24.3 Å². The van der Waals surface area contributed by atoms with Gasteiger partial charge in [-0.15, -0.1) is 0 Å². The van der Waals surface area contributed by atoms with Crippen molar-refractivity contribution in [2.75, 3.05) is 0 Å². The summed E-state index contributed by atoms with van der Waals surface area (Å²) < 4.78 is 36.7. The molecule has 0 radical (unpaired) electrons. The summed E-state index contributed by atoms with van der Waals surface area (Å²) in [7, 11) is 0. The van der Waals surface area contributed by atoms with Crippen LogP contribution >= 0.6 is 0 Å². The second-order valence-corrected chi connectivity index (χ2v) is 4.56. The van der Waals surface area contributed by atoms with Crippen molar-refractivity contribution < 1.29 is 63.3 Å². The molecule has 0 atom stereocenters. The molecule has 0 aromatic heterocycles. The Labute approximate surface area is 134 Å². The van der Waals surface area contributed by atoms with Crippen molar-refractivity contribution in [1.82, 2.24) is 0 Å². The van der Waals surface area contributed by atoms with E-state index in [0.29, 0.717) is 0 Å². The minimum absolute atomic E-state index is 0. The second kappa shape index (κ2) is 9.30. The Morgan fingerprint density at radius 1 is 0.684 bits per heavy atom. The van der Waals surface area contributed by atoms with E-state index in [2.05, 4.69) is 0 Å². The van der Waals surface area contributed by atoms with E-state index in [1.807, 2.05) is 0 Å². The molecule has 0 heterocycles. The van der Waals surface area contributed by atoms with Crippen molar-refractivity contribution in [2.45, 2.75) is 0 Å². The van der Waals surface area contributed by atoms with Gasteiger partial charge in [0.15, 0.2) is 0 Å². The SMILES string of the molecule is Fc1ccccc1[O][Zr+2][O]c1ccccc1F.[Cl-].[Cl-]. The Morgan fingerprint density at radius 3 is 1.42 bits per heavy atom. The third-order valence-corrected chi connectivity index (χ3v) is 3.47. The van der Waals surface area contributed by atoms with Crippen molar-refractivity contribution in [1.29, 1.82) is 0 Å². The Morgan fingerprint density at radius 2 is 1.05 bits per heavy atom. The van der Waals surface area contributed by atoms with Crippen LogP contribution < -0.4 is 30.4 Å². The summed E-state index contributed by atoms with van der Waals surface area (Å²) in [5.74, 6) is -0.582. The van der Waals surface area contributed by atoms with Crippen LogP contribution in [-0.2, 0) is 24.1 Å². The maximum atomic E-state index is 13.2. The number of hydrogen-bond acceptors (Lipinski definition) is 2. The largest absolute Gasteiger partial charge is 1.00 e. The third-order valence-electron chi connectivity index (χ3n) is 1.98. The summed E-state index contributed by atoms with van der Waals surface area (Å²) in [6.45, 7) is 0. The summed E-state index contributed by atoms with van der Waals surface area (Å²) >= 11 is -1.79. The Hall–Kier alpha value is -0.637. The van der Waals surface area contributed by atoms with Gasteiger partial charge < -0.3 is 24.8 Å². The van der Waals surface area contributed by atoms with Gasteiger partial charge >= 0.3 is 110 Å². The van der Waals surface area contributed by atoms with E-state index >= 15 is 0 Å². The van der Waals surface area contributed by atoms with Gasteiger partial charge in [-0.05, 0) is 0 Å². The molecule has 0 unspecified atom stereocenters. The van der Waals surface area contributed by atoms with Crippen LogP contribution in [0.25, 0.3) is 0 Å². The van der Waals surface area contributed by atoms with Gasteiger partial charge in [-0.25, -0.2) is 0 Å². The third kappa shape index (κ3) is 5.47. The van der Waals surface area contributed by atoms with Crippen molar-refractivity contribution >= 4 is 0 Å². The first-order valence-electron chi connectivity index (χ1n) is 4.85. The Bertz CT molecular complexity index is 469. The van der Waals surface area contributed by atoms with Crippen LogP contribution in [0.3, 0.4) is 0 Å². The van der Waals surface area contributed by atoms with Crippen LogP contribution in [-0.4, -0.2) is 0 Å². The smallest absolute Gasteiger partial charge is 1.00 e. The molecule has 0 spiro atoms. The first kappa shape index (κ1) is 18.4. The number of hydrogen-bond donors (Lipinski definition) is 0. The zero-order chi connectivity index (χ0) is 12.1. The molecule has 0 fully saturated rings. The predicted octanol–water partition coefficient (Wildman–Crippen LogP) is -2.66. The average molecular weight is 384 g/mol. The van der Waals surface area contributed by atoms with E-state index in [4.69, 9.17) is 5.63 Å². The van der Waals surface area contributed by atoms with E-state index in [0.717, 1.165) is 0 Å². The quantitative estimate of drug-likeness (QED) is 0.573. The molecule has 2 nitrogen and oxygen atoms in total. The molecule has 0 bridgehead atoms.